The number of H-pyrrole nitrogens is 1. The van der Waals surface area contributed by atoms with E-state index in [9.17, 15) is 18.4 Å². The van der Waals surface area contributed by atoms with Crippen LogP contribution < -0.4 is 5.32 Å². The highest BCUT2D eigenvalue weighted by Gasteiger charge is 2.29. The molecule has 0 bridgehead atoms. The summed E-state index contributed by atoms with van der Waals surface area (Å²) in [5, 5.41) is 9.32. The van der Waals surface area contributed by atoms with Crippen LogP contribution in [0.2, 0.25) is 0 Å². The van der Waals surface area contributed by atoms with E-state index in [4.69, 9.17) is 0 Å². The van der Waals surface area contributed by atoms with E-state index in [0.717, 1.165) is 23.9 Å². The molecule has 1 aromatic heterocycles. The number of amides is 2. The summed E-state index contributed by atoms with van der Waals surface area (Å²) in [5.41, 5.74) is 0.571. The molecule has 132 valence electrons. The van der Waals surface area contributed by atoms with Crippen LogP contribution in [-0.2, 0) is 6.54 Å². The fourth-order valence-corrected chi connectivity index (χ4v) is 2.92. The fraction of sp³-hybridized carbons (Fsp3) is 0.353. The molecule has 0 atom stereocenters. The van der Waals surface area contributed by atoms with Gasteiger partial charge in [0.2, 0.25) is 0 Å². The van der Waals surface area contributed by atoms with Gasteiger partial charge >= 0.3 is 6.03 Å². The lowest BCUT2D eigenvalue weighted by Crippen LogP contribution is -2.45. The molecule has 3 rings (SSSR count). The number of carbonyl (C=O) groups excluding carboxylic acids is 2. The molecule has 1 saturated heterocycles. The molecule has 2 aromatic rings. The summed E-state index contributed by atoms with van der Waals surface area (Å²) in [6, 6.07) is 4.41. The number of aromatic amines is 1. The second-order valence-corrected chi connectivity index (χ2v) is 5.99. The van der Waals surface area contributed by atoms with Crippen molar-refractivity contribution < 1.29 is 18.4 Å². The molecule has 6 nitrogen and oxygen atoms in total. The lowest BCUT2D eigenvalue weighted by atomic mass is 9.88. The third kappa shape index (κ3) is 4.01. The average molecular weight is 348 g/mol. The van der Waals surface area contributed by atoms with Gasteiger partial charge < -0.3 is 10.2 Å². The van der Waals surface area contributed by atoms with Gasteiger partial charge in [0.1, 0.15) is 11.6 Å². The van der Waals surface area contributed by atoms with E-state index in [1.165, 1.54) is 0 Å². The minimum Gasteiger partial charge on any atom is -0.332 e. The molecule has 0 aliphatic carbocycles. The zero-order valence-electron chi connectivity index (χ0n) is 13.5. The van der Waals surface area contributed by atoms with Gasteiger partial charge in [0.15, 0.2) is 5.78 Å². The first-order valence-electron chi connectivity index (χ1n) is 8.05. The Hall–Kier alpha value is -2.77. The van der Waals surface area contributed by atoms with Gasteiger partial charge in [-0.25, -0.2) is 13.6 Å². The lowest BCUT2D eigenvalue weighted by Gasteiger charge is -2.31. The number of nitrogens with zero attached hydrogens (tertiary/aromatic N) is 2. The first-order valence-corrected chi connectivity index (χ1v) is 8.05. The SMILES string of the molecule is O=C(c1cc(F)ccc1F)C1CCN(C(=O)NCc2ccn[nH]2)CC1. The Morgan fingerprint density at radius 2 is 2.00 bits per heavy atom. The van der Waals surface area contributed by atoms with Gasteiger partial charge in [0, 0.05) is 25.2 Å². The van der Waals surface area contributed by atoms with Crippen molar-refractivity contribution in [2.24, 2.45) is 5.92 Å². The van der Waals surface area contributed by atoms with Gasteiger partial charge in [-0.3, -0.25) is 9.89 Å². The van der Waals surface area contributed by atoms with Crippen LogP contribution in [0.1, 0.15) is 28.9 Å². The van der Waals surface area contributed by atoms with Crippen LogP contribution in [0.5, 0.6) is 0 Å². The van der Waals surface area contributed by atoms with E-state index in [0.29, 0.717) is 32.5 Å². The van der Waals surface area contributed by atoms with Gasteiger partial charge in [-0.2, -0.15) is 5.10 Å². The van der Waals surface area contributed by atoms with Gasteiger partial charge in [-0.1, -0.05) is 0 Å². The van der Waals surface area contributed by atoms with Crippen LogP contribution in [0.15, 0.2) is 30.5 Å². The van der Waals surface area contributed by atoms with Crippen LogP contribution in [0, 0.1) is 17.6 Å². The number of likely N-dealkylation sites (tertiary alicyclic amines) is 1. The van der Waals surface area contributed by atoms with Crippen molar-refractivity contribution in [3.05, 3.63) is 53.4 Å². The van der Waals surface area contributed by atoms with Crippen LogP contribution in [0.3, 0.4) is 0 Å². The molecular formula is C17H18F2N4O2. The molecule has 25 heavy (non-hydrogen) atoms. The molecule has 2 N–H and O–H groups in total. The van der Waals surface area contributed by atoms with E-state index < -0.39 is 23.3 Å². The minimum absolute atomic E-state index is 0.220. The standard InChI is InChI=1S/C17H18F2N4O2/c18-12-1-2-15(19)14(9-12)16(24)11-4-7-23(8-5-11)17(25)20-10-13-3-6-21-22-13/h1-3,6,9,11H,4-5,7-8,10H2,(H,20,25)(H,21,22). The number of hydrogen-bond donors (Lipinski definition) is 2. The van der Waals surface area contributed by atoms with Crippen molar-refractivity contribution >= 4 is 11.8 Å². The lowest BCUT2D eigenvalue weighted by molar-refractivity contribution is 0.0849. The van der Waals surface area contributed by atoms with Gasteiger partial charge in [-0.05, 0) is 37.1 Å². The Morgan fingerprint density at radius 1 is 1.24 bits per heavy atom. The molecule has 8 heteroatoms. The number of halogens is 2. The van der Waals surface area contributed by atoms with Crippen molar-refractivity contribution in [3.8, 4) is 0 Å². The highest BCUT2D eigenvalue weighted by atomic mass is 19.1. The van der Waals surface area contributed by atoms with E-state index in [1.807, 2.05) is 0 Å². The van der Waals surface area contributed by atoms with E-state index in [-0.39, 0.29) is 11.6 Å². The van der Waals surface area contributed by atoms with Crippen LogP contribution in [-0.4, -0.2) is 40.0 Å². The molecular weight excluding hydrogens is 330 g/mol. The number of ketones is 1. The number of benzene rings is 1. The molecule has 1 aromatic carbocycles. The molecule has 1 fully saturated rings. The van der Waals surface area contributed by atoms with Gasteiger partial charge in [0.05, 0.1) is 17.8 Å². The molecule has 0 spiro atoms. The third-order valence-corrected chi connectivity index (χ3v) is 4.34. The number of rotatable bonds is 4. The first-order chi connectivity index (χ1) is 12.0. The minimum atomic E-state index is -0.717. The summed E-state index contributed by atoms with van der Waals surface area (Å²) >= 11 is 0. The van der Waals surface area contributed by atoms with Crippen molar-refractivity contribution in [2.75, 3.05) is 13.1 Å². The average Bonchev–Trinajstić information content (AvgIpc) is 3.15. The van der Waals surface area contributed by atoms with Crippen molar-refractivity contribution in [1.29, 1.82) is 0 Å². The molecule has 0 saturated carbocycles. The summed E-state index contributed by atoms with van der Waals surface area (Å²) in [5.74, 6) is -2.17. The summed E-state index contributed by atoms with van der Waals surface area (Å²) in [6.07, 6.45) is 2.45. The van der Waals surface area contributed by atoms with Crippen molar-refractivity contribution in [1.82, 2.24) is 20.4 Å². The van der Waals surface area contributed by atoms with Crippen LogP contribution in [0.25, 0.3) is 0 Å². The van der Waals surface area contributed by atoms with Crippen molar-refractivity contribution in [3.63, 3.8) is 0 Å². The van der Waals surface area contributed by atoms with E-state index >= 15 is 0 Å². The number of hydrogen-bond acceptors (Lipinski definition) is 3. The molecule has 2 amide bonds. The summed E-state index contributed by atoms with van der Waals surface area (Å²) < 4.78 is 27.0. The molecule has 0 unspecified atom stereocenters. The number of piperidine rings is 1. The van der Waals surface area contributed by atoms with E-state index in [2.05, 4.69) is 15.5 Å². The Balaban J connectivity index is 1.53. The zero-order valence-corrected chi connectivity index (χ0v) is 13.5. The summed E-state index contributed by atoms with van der Waals surface area (Å²) in [7, 11) is 0. The number of aromatic nitrogens is 2. The monoisotopic (exact) mass is 348 g/mol. The Labute approximate surface area is 143 Å². The van der Waals surface area contributed by atoms with Crippen molar-refractivity contribution in [2.45, 2.75) is 19.4 Å². The van der Waals surface area contributed by atoms with Crippen LogP contribution >= 0.6 is 0 Å². The maximum Gasteiger partial charge on any atom is 0.317 e. The topological polar surface area (TPSA) is 78.1 Å². The first kappa shape index (κ1) is 17.1. The number of nitrogens with one attached hydrogen (secondary N) is 2. The highest BCUT2D eigenvalue weighted by molar-refractivity contribution is 5.98. The normalized spacial score (nSPS) is 15.2. The second-order valence-electron chi connectivity index (χ2n) is 5.99. The predicted octanol–water partition coefficient (Wildman–Crippen LogP) is 2.49. The fourth-order valence-electron chi connectivity index (χ4n) is 2.92. The highest BCUT2D eigenvalue weighted by Crippen LogP contribution is 2.23. The largest absolute Gasteiger partial charge is 0.332 e. The predicted molar refractivity (Wildman–Crippen MR) is 85.8 cm³/mol. The smallest absolute Gasteiger partial charge is 0.317 e. The zero-order chi connectivity index (χ0) is 17.8. The third-order valence-electron chi connectivity index (χ3n) is 4.34. The Morgan fingerprint density at radius 3 is 2.68 bits per heavy atom. The number of urea groups is 1. The number of carbonyl (C=O) groups is 2. The van der Waals surface area contributed by atoms with Crippen LogP contribution in [0.4, 0.5) is 13.6 Å². The molecule has 0 radical (unpaired) electrons. The molecule has 1 aliphatic rings. The Kier molecular flexibility index (Phi) is 5.06. The van der Waals surface area contributed by atoms with Gasteiger partial charge in [0.25, 0.3) is 0 Å². The number of Topliss-reactive ketones (excluding diaryl/α,β-unsaturated/α-hetero) is 1. The van der Waals surface area contributed by atoms with E-state index in [1.54, 1.807) is 17.2 Å². The summed E-state index contributed by atoms with van der Waals surface area (Å²) in [4.78, 5) is 26.1. The molecule has 1 aliphatic heterocycles. The maximum absolute atomic E-state index is 13.7. The van der Waals surface area contributed by atoms with Gasteiger partial charge in [-0.15, -0.1) is 0 Å². The Bertz CT molecular complexity index is 756. The molecule has 2 heterocycles. The second kappa shape index (κ2) is 7.42. The quantitative estimate of drug-likeness (QED) is 0.834. The summed E-state index contributed by atoms with van der Waals surface area (Å²) in [6.45, 7) is 1.12. The maximum atomic E-state index is 13.7.